The van der Waals surface area contributed by atoms with Crippen LogP contribution in [-0.2, 0) is 15.0 Å². The molecule has 2 N–H and O–H groups in total. The molecule has 5 nitrogen and oxygen atoms in total. The summed E-state index contributed by atoms with van der Waals surface area (Å²) in [4.78, 5) is 23.1. The average Bonchev–Trinajstić information content (AvgIpc) is 3.10. The average molecular weight is 261 g/mol. The Bertz CT molecular complexity index is 587. The Hall–Kier alpha value is -2.04. The van der Waals surface area contributed by atoms with Gasteiger partial charge in [-0.15, -0.1) is 0 Å². The van der Waals surface area contributed by atoms with Crippen molar-refractivity contribution in [3.63, 3.8) is 0 Å². The van der Waals surface area contributed by atoms with Gasteiger partial charge in [0.15, 0.2) is 5.60 Å². The molecule has 0 bridgehead atoms. The summed E-state index contributed by atoms with van der Waals surface area (Å²) >= 11 is 0. The van der Waals surface area contributed by atoms with Gasteiger partial charge in [0.1, 0.15) is 5.75 Å². The van der Waals surface area contributed by atoms with Crippen LogP contribution in [0.5, 0.6) is 5.75 Å². The smallest absolute Gasteiger partial charge is 0.314 e. The molecule has 5 heteroatoms. The van der Waals surface area contributed by atoms with Gasteiger partial charge in [-0.3, -0.25) is 9.59 Å². The standard InChI is InChI=1S/C14H15NO4/c1-13(2)11(16)15-9-4-3-8(7-10(9)19-13)14(5-6-14)12(17)18/h3-4,7H,5-6H2,1-2H3,(H,15,16)(H,17,18). The minimum absolute atomic E-state index is 0.202. The number of hydrogen-bond acceptors (Lipinski definition) is 3. The monoisotopic (exact) mass is 261 g/mol. The fourth-order valence-electron chi connectivity index (χ4n) is 2.35. The van der Waals surface area contributed by atoms with E-state index in [2.05, 4.69) is 5.32 Å². The predicted octanol–water partition coefficient (Wildman–Crippen LogP) is 1.91. The molecule has 1 fully saturated rings. The molecule has 0 atom stereocenters. The normalized spacial score (nSPS) is 21.9. The molecule has 1 heterocycles. The van der Waals surface area contributed by atoms with E-state index in [0.717, 1.165) is 5.56 Å². The van der Waals surface area contributed by atoms with Crippen LogP contribution in [0.4, 0.5) is 5.69 Å². The lowest BCUT2D eigenvalue weighted by Crippen LogP contribution is -2.45. The number of carbonyl (C=O) groups is 2. The maximum atomic E-state index is 11.8. The van der Waals surface area contributed by atoms with Gasteiger partial charge in [-0.1, -0.05) is 6.07 Å². The Morgan fingerprint density at radius 3 is 2.63 bits per heavy atom. The summed E-state index contributed by atoms with van der Waals surface area (Å²) < 4.78 is 5.67. The van der Waals surface area contributed by atoms with E-state index < -0.39 is 17.0 Å². The van der Waals surface area contributed by atoms with Crippen molar-refractivity contribution in [2.24, 2.45) is 0 Å². The molecule has 0 saturated heterocycles. The second-order valence-electron chi connectivity index (χ2n) is 5.66. The third-order valence-corrected chi connectivity index (χ3v) is 3.85. The van der Waals surface area contributed by atoms with E-state index in [0.29, 0.717) is 24.3 Å². The summed E-state index contributed by atoms with van der Waals surface area (Å²) in [6.45, 7) is 3.37. The number of carbonyl (C=O) groups excluding carboxylic acids is 1. The molecule has 100 valence electrons. The Labute approximate surface area is 110 Å². The fraction of sp³-hybridized carbons (Fsp3) is 0.429. The molecule has 1 aromatic rings. The zero-order chi connectivity index (χ0) is 13.8. The van der Waals surface area contributed by atoms with Crippen molar-refractivity contribution in [2.45, 2.75) is 37.7 Å². The van der Waals surface area contributed by atoms with Crippen LogP contribution in [0.1, 0.15) is 32.3 Å². The van der Waals surface area contributed by atoms with Crippen molar-refractivity contribution in [1.29, 1.82) is 0 Å². The molecule has 1 amide bonds. The zero-order valence-electron chi connectivity index (χ0n) is 10.8. The molecular weight excluding hydrogens is 246 g/mol. The first-order valence-corrected chi connectivity index (χ1v) is 6.24. The van der Waals surface area contributed by atoms with Gasteiger partial charge < -0.3 is 15.2 Å². The number of ether oxygens (including phenoxy) is 1. The van der Waals surface area contributed by atoms with Crippen LogP contribution in [0.25, 0.3) is 0 Å². The lowest BCUT2D eigenvalue weighted by molar-refractivity contribution is -0.140. The summed E-state index contributed by atoms with van der Waals surface area (Å²) in [5.41, 5.74) is -0.366. The molecule has 2 aliphatic rings. The number of anilines is 1. The van der Waals surface area contributed by atoms with Crippen LogP contribution in [0.2, 0.25) is 0 Å². The summed E-state index contributed by atoms with van der Waals surface area (Å²) in [7, 11) is 0. The van der Waals surface area contributed by atoms with E-state index >= 15 is 0 Å². The highest BCUT2D eigenvalue weighted by atomic mass is 16.5. The number of carboxylic acids is 1. The quantitative estimate of drug-likeness (QED) is 0.852. The first kappa shape index (κ1) is 12.0. The largest absolute Gasteiger partial charge is 0.481 e. The summed E-state index contributed by atoms with van der Waals surface area (Å²) in [5.74, 6) is -0.465. The second kappa shape index (κ2) is 3.50. The number of benzene rings is 1. The third kappa shape index (κ3) is 1.69. The van der Waals surface area contributed by atoms with E-state index in [1.807, 2.05) is 0 Å². The van der Waals surface area contributed by atoms with Crippen molar-refractivity contribution in [2.75, 3.05) is 5.32 Å². The number of hydrogen-bond donors (Lipinski definition) is 2. The van der Waals surface area contributed by atoms with E-state index in [4.69, 9.17) is 4.74 Å². The van der Waals surface area contributed by atoms with Crippen LogP contribution in [0, 0.1) is 0 Å². The minimum Gasteiger partial charge on any atom is -0.481 e. The van der Waals surface area contributed by atoms with E-state index in [9.17, 15) is 14.7 Å². The summed E-state index contributed by atoms with van der Waals surface area (Å²) in [6.07, 6.45) is 1.30. The number of rotatable bonds is 2. The fourth-order valence-corrected chi connectivity index (χ4v) is 2.35. The number of fused-ring (bicyclic) bond motifs is 1. The number of aliphatic carboxylic acids is 1. The zero-order valence-corrected chi connectivity index (χ0v) is 10.8. The van der Waals surface area contributed by atoms with Crippen molar-refractivity contribution in [1.82, 2.24) is 0 Å². The molecule has 0 aromatic heterocycles. The van der Waals surface area contributed by atoms with Crippen LogP contribution in [0.3, 0.4) is 0 Å². The molecule has 0 unspecified atom stereocenters. The molecule has 0 spiro atoms. The Morgan fingerprint density at radius 2 is 2.05 bits per heavy atom. The van der Waals surface area contributed by atoms with Gasteiger partial charge in [0, 0.05) is 0 Å². The van der Waals surface area contributed by atoms with Crippen molar-refractivity contribution in [3.8, 4) is 5.75 Å². The highest BCUT2D eigenvalue weighted by Crippen LogP contribution is 2.50. The number of nitrogens with one attached hydrogen (secondary N) is 1. The van der Waals surface area contributed by atoms with Gasteiger partial charge in [0.2, 0.25) is 0 Å². The van der Waals surface area contributed by atoms with Gasteiger partial charge in [0.05, 0.1) is 11.1 Å². The van der Waals surface area contributed by atoms with E-state index in [1.165, 1.54) is 0 Å². The van der Waals surface area contributed by atoms with Crippen LogP contribution >= 0.6 is 0 Å². The van der Waals surface area contributed by atoms with E-state index in [1.54, 1.807) is 32.0 Å². The van der Waals surface area contributed by atoms with Gasteiger partial charge in [0.25, 0.3) is 5.91 Å². The van der Waals surface area contributed by atoms with Gasteiger partial charge in [-0.05, 0) is 44.4 Å². The molecule has 1 aliphatic carbocycles. The highest BCUT2D eigenvalue weighted by Gasteiger charge is 2.52. The molecular formula is C14H15NO4. The first-order valence-electron chi connectivity index (χ1n) is 6.24. The van der Waals surface area contributed by atoms with Crippen LogP contribution in [0.15, 0.2) is 18.2 Å². The predicted molar refractivity (Wildman–Crippen MR) is 68.3 cm³/mol. The van der Waals surface area contributed by atoms with E-state index in [-0.39, 0.29) is 5.91 Å². The molecule has 19 heavy (non-hydrogen) atoms. The Morgan fingerprint density at radius 1 is 1.37 bits per heavy atom. The van der Waals surface area contributed by atoms with Crippen molar-refractivity contribution >= 4 is 17.6 Å². The SMILES string of the molecule is CC1(C)Oc2cc(C3(C(=O)O)CC3)ccc2NC1=O. The Balaban J connectivity index is 2.02. The summed E-state index contributed by atoms with van der Waals surface area (Å²) in [6, 6.07) is 5.19. The lowest BCUT2D eigenvalue weighted by Gasteiger charge is -2.32. The Kier molecular flexibility index (Phi) is 2.21. The summed E-state index contributed by atoms with van der Waals surface area (Å²) in [5, 5.41) is 12.1. The minimum atomic E-state index is -0.939. The van der Waals surface area contributed by atoms with Crippen molar-refractivity contribution in [3.05, 3.63) is 23.8 Å². The maximum absolute atomic E-state index is 11.8. The molecule has 1 aliphatic heterocycles. The van der Waals surface area contributed by atoms with Crippen molar-refractivity contribution < 1.29 is 19.4 Å². The number of amides is 1. The second-order valence-corrected chi connectivity index (χ2v) is 5.66. The third-order valence-electron chi connectivity index (χ3n) is 3.85. The van der Waals surface area contributed by atoms with Gasteiger partial charge in [-0.2, -0.15) is 0 Å². The molecule has 1 aromatic carbocycles. The first-order chi connectivity index (χ1) is 8.85. The number of carboxylic acid groups (broad SMARTS) is 1. The molecule has 3 rings (SSSR count). The topological polar surface area (TPSA) is 75.6 Å². The van der Waals surface area contributed by atoms with Crippen LogP contribution < -0.4 is 10.1 Å². The van der Waals surface area contributed by atoms with Gasteiger partial charge in [-0.25, -0.2) is 0 Å². The van der Waals surface area contributed by atoms with Crippen LogP contribution in [-0.4, -0.2) is 22.6 Å². The highest BCUT2D eigenvalue weighted by molar-refractivity contribution is 6.00. The maximum Gasteiger partial charge on any atom is 0.314 e. The van der Waals surface area contributed by atoms with Gasteiger partial charge >= 0.3 is 5.97 Å². The lowest BCUT2D eigenvalue weighted by atomic mass is 9.94. The molecule has 1 saturated carbocycles. The molecule has 0 radical (unpaired) electrons.